The van der Waals surface area contributed by atoms with Gasteiger partial charge in [0.1, 0.15) is 0 Å². The zero-order chi connectivity index (χ0) is 16.5. The van der Waals surface area contributed by atoms with E-state index in [1.165, 1.54) is 77.0 Å². The molecule has 130 valence electrons. The van der Waals surface area contributed by atoms with Crippen LogP contribution in [0.15, 0.2) is 12.2 Å². The van der Waals surface area contributed by atoms with Crippen molar-refractivity contribution in [3.05, 3.63) is 12.2 Å². The predicted molar refractivity (Wildman–Crippen MR) is 98.1 cm³/mol. The van der Waals surface area contributed by atoms with Crippen LogP contribution >= 0.6 is 0 Å². The fraction of sp³-hybridized carbons (Fsp3) is 0.850. The van der Waals surface area contributed by atoms with Crippen molar-refractivity contribution in [3.63, 3.8) is 0 Å². The molecule has 22 heavy (non-hydrogen) atoms. The van der Waals surface area contributed by atoms with Crippen molar-refractivity contribution in [3.8, 4) is 0 Å². The highest BCUT2D eigenvalue weighted by atomic mass is 16.1. The van der Waals surface area contributed by atoms with E-state index in [1.54, 1.807) is 7.05 Å². The second kappa shape index (κ2) is 16.6. The summed E-state index contributed by atoms with van der Waals surface area (Å²) < 4.78 is 0. The second-order valence-electron chi connectivity index (χ2n) is 6.53. The van der Waals surface area contributed by atoms with Gasteiger partial charge in [-0.15, -0.1) is 0 Å². The zero-order valence-corrected chi connectivity index (χ0v) is 15.3. The monoisotopic (exact) mass is 309 g/mol. The minimum absolute atomic E-state index is 0.169. The van der Waals surface area contributed by atoms with E-state index in [0.29, 0.717) is 0 Å². The lowest BCUT2D eigenvalue weighted by Gasteiger charge is -2.08. The second-order valence-corrected chi connectivity index (χ2v) is 6.53. The molecule has 2 heteroatoms. The molecule has 0 bridgehead atoms. The average molecular weight is 310 g/mol. The normalized spacial score (nSPS) is 12.7. The van der Waals surface area contributed by atoms with Crippen molar-refractivity contribution in [1.29, 1.82) is 0 Å². The summed E-state index contributed by atoms with van der Waals surface area (Å²) in [4.78, 5) is 11.4. The lowest BCUT2D eigenvalue weighted by Crippen LogP contribution is -2.25. The van der Waals surface area contributed by atoms with Gasteiger partial charge >= 0.3 is 0 Å². The van der Waals surface area contributed by atoms with Crippen LogP contribution in [0, 0.1) is 5.92 Å². The Labute approximate surface area is 139 Å². The lowest BCUT2D eigenvalue weighted by atomic mass is 10.0. The number of unbranched alkanes of at least 4 members (excludes halogenated alkanes) is 10. The van der Waals surface area contributed by atoms with Crippen LogP contribution in [-0.4, -0.2) is 13.0 Å². The molecule has 0 fully saturated rings. The van der Waals surface area contributed by atoms with Crippen molar-refractivity contribution in [1.82, 2.24) is 5.32 Å². The third-order valence-electron chi connectivity index (χ3n) is 4.34. The van der Waals surface area contributed by atoms with Gasteiger partial charge in [-0.2, -0.15) is 0 Å². The van der Waals surface area contributed by atoms with Crippen LogP contribution in [0.2, 0.25) is 0 Å². The Balaban J connectivity index is 3.22. The maximum Gasteiger partial charge on any atom is 0.222 e. The molecular weight excluding hydrogens is 270 g/mol. The van der Waals surface area contributed by atoms with Crippen molar-refractivity contribution >= 4 is 5.91 Å². The summed E-state index contributed by atoms with van der Waals surface area (Å²) in [5.74, 6) is 0.347. The standard InChI is InChI=1S/C20H39NO/c1-4-5-6-7-8-9-10-11-12-13-14-15-16-17-18-19(2)20(22)21-3/h11-12,19H,4-10,13-18H2,1-3H3,(H,21,22)/b12-11+/t19-/m0/s1. The first-order valence-electron chi connectivity index (χ1n) is 9.59. The van der Waals surface area contributed by atoms with E-state index in [9.17, 15) is 4.79 Å². The van der Waals surface area contributed by atoms with Gasteiger partial charge < -0.3 is 5.32 Å². The number of nitrogens with one attached hydrogen (secondary N) is 1. The minimum atomic E-state index is 0.169. The van der Waals surface area contributed by atoms with Crippen LogP contribution < -0.4 is 5.32 Å². The Hall–Kier alpha value is -0.790. The molecule has 0 saturated heterocycles. The molecule has 0 aromatic heterocycles. The van der Waals surface area contributed by atoms with E-state index in [-0.39, 0.29) is 11.8 Å². The van der Waals surface area contributed by atoms with Gasteiger partial charge in [-0.1, -0.05) is 77.4 Å². The van der Waals surface area contributed by atoms with E-state index in [1.807, 2.05) is 6.92 Å². The molecule has 0 unspecified atom stereocenters. The molecule has 0 aliphatic heterocycles. The third-order valence-corrected chi connectivity index (χ3v) is 4.34. The molecule has 0 aromatic rings. The summed E-state index contributed by atoms with van der Waals surface area (Å²) in [6, 6.07) is 0. The molecule has 0 aromatic carbocycles. The molecule has 0 spiro atoms. The number of hydrogen-bond acceptors (Lipinski definition) is 1. The molecular formula is C20H39NO. The van der Waals surface area contributed by atoms with E-state index < -0.39 is 0 Å². The van der Waals surface area contributed by atoms with Gasteiger partial charge in [-0.3, -0.25) is 4.79 Å². The highest BCUT2D eigenvalue weighted by Crippen LogP contribution is 2.12. The van der Waals surface area contributed by atoms with Crippen LogP contribution in [-0.2, 0) is 4.79 Å². The fourth-order valence-electron chi connectivity index (χ4n) is 2.72. The van der Waals surface area contributed by atoms with Crippen LogP contribution in [0.5, 0.6) is 0 Å². The fourth-order valence-corrected chi connectivity index (χ4v) is 2.72. The van der Waals surface area contributed by atoms with Crippen molar-refractivity contribution in [2.75, 3.05) is 7.05 Å². The Kier molecular flexibility index (Phi) is 16.0. The largest absolute Gasteiger partial charge is 0.359 e. The van der Waals surface area contributed by atoms with Crippen molar-refractivity contribution in [2.45, 2.75) is 97.3 Å². The minimum Gasteiger partial charge on any atom is -0.359 e. The molecule has 0 saturated carbocycles. The SMILES string of the molecule is CCCCCCCC/C=C/CCCCCC[C@H](C)C(=O)NC. The summed E-state index contributed by atoms with van der Waals surface area (Å²) >= 11 is 0. The lowest BCUT2D eigenvalue weighted by molar-refractivity contribution is -0.124. The van der Waals surface area contributed by atoms with E-state index >= 15 is 0 Å². The van der Waals surface area contributed by atoms with E-state index in [0.717, 1.165) is 6.42 Å². The highest BCUT2D eigenvalue weighted by molar-refractivity contribution is 5.77. The number of carbonyl (C=O) groups is 1. The van der Waals surface area contributed by atoms with Crippen LogP contribution in [0.25, 0.3) is 0 Å². The topological polar surface area (TPSA) is 29.1 Å². The Morgan fingerprint density at radius 3 is 1.91 bits per heavy atom. The molecule has 0 radical (unpaired) electrons. The van der Waals surface area contributed by atoms with Gasteiger partial charge in [0.15, 0.2) is 0 Å². The third kappa shape index (κ3) is 14.2. The summed E-state index contributed by atoms with van der Waals surface area (Å²) in [6.45, 7) is 4.29. The maximum absolute atomic E-state index is 11.4. The Morgan fingerprint density at radius 2 is 1.36 bits per heavy atom. The van der Waals surface area contributed by atoms with E-state index in [2.05, 4.69) is 24.4 Å². The summed E-state index contributed by atoms with van der Waals surface area (Å²) in [6.07, 6.45) is 21.6. The summed E-state index contributed by atoms with van der Waals surface area (Å²) in [5.41, 5.74) is 0. The van der Waals surface area contributed by atoms with Crippen LogP contribution in [0.4, 0.5) is 0 Å². The van der Waals surface area contributed by atoms with Crippen LogP contribution in [0.1, 0.15) is 97.3 Å². The van der Waals surface area contributed by atoms with Gasteiger partial charge in [0.05, 0.1) is 0 Å². The Bertz CT molecular complexity index is 273. The van der Waals surface area contributed by atoms with Gasteiger partial charge in [0, 0.05) is 13.0 Å². The maximum atomic E-state index is 11.4. The molecule has 1 amide bonds. The van der Waals surface area contributed by atoms with Gasteiger partial charge in [-0.25, -0.2) is 0 Å². The van der Waals surface area contributed by atoms with Crippen molar-refractivity contribution in [2.24, 2.45) is 5.92 Å². The number of carbonyl (C=O) groups excluding carboxylic acids is 1. The average Bonchev–Trinajstić information content (AvgIpc) is 2.54. The molecule has 0 aliphatic carbocycles. The van der Waals surface area contributed by atoms with Gasteiger partial charge in [0.25, 0.3) is 0 Å². The number of allylic oxidation sites excluding steroid dienone is 2. The molecule has 1 atom stereocenters. The molecule has 0 aliphatic rings. The molecule has 2 nitrogen and oxygen atoms in total. The summed E-state index contributed by atoms with van der Waals surface area (Å²) in [5, 5.41) is 2.72. The zero-order valence-electron chi connectivity index (χ0n) is 15.3. The molecule has 1 N–H and O–H groups in total. The first kappa shape index (κ1) is 21.2. The number of rotatable bonds is 15. The Morgan fingerprint density at radius 1 is 0.864 bits per heavy atom. The van der Waals surface area contributed by atoms with Gasteiger partial charge in [-0.05, 0) is 32.1 Å². The first-order chi connectivity index (χ1) is 10.7. The summed E-state index contributed by atoms with van der Waals surface area (Å²) in [7, 11) is 1.72. The first-order valence-corrected chi connectivity index (χ1v) is 9.59. The molecule has 0 rings (SSSR count). The van der Waals surface area contributed by atoms with E-state index in [4.69, 9.17) is 0 Å². The smallest absolute Gasteiger partial charge is 0.222 e. The highest BCUT2D eigenvalue weighted by Gasteiger charge is 2.09. The van der Waals surface area contributed by atoms with Crippen LogP contribution in [0.3, 0.4) is 0 Å². The number of amides is 1. The van der Waals surface area contributed by atoms with Gasteiger partial charge in [0.2, 0.25) is 5.91 Å². The predicted octanol–water partition coefficient (Wildman–Crippen LogP) is 6.02. The van der Waals surface area contributed by atoms with Crippen molar-refractivity contribution < 1.29 is 4.79 Å². The quantitative estimate of drug-likeness (QED) is 0.291. The number of hydrogen-bond donors (Lipinski definition) is 1. The molecule has 0 heterocycles.